The van der Waals surface area contributed by atoms with Gasteiger partial charge in [0.15, 0.2) is 5.96 Å². The van der Waals surface area contributed by atoms with Crippen LogP contribution in [-0.4, -0.2) is 226 Å². The minimum absolute atomic E-state index is 0.0750. The van der Waals surface area contributed by atoms with Crippen molar-refractivity contribution in [1.29, 1.82) is 0 Å². The van der Waals surface area contributed by atoms with Crippen molar-refractivity contribution in [3.63, 3.8) is 0 Å². The number of primary amides is 3. The van der Waals surface area contributed by atoms with Gasteiger partial charge in [0.2, 0.25) is 76.8 Å². The number of hydrogen-bond acceptors (Lipinski definition) is 17. The molecular weight excluding hydrogens is 1330 g/mol. The molecule has 0 radical (unpaired) electrons. The number of unbranched alkanes of at least 4 members (excludes halogenated alkanes) is 1. The van der Waals surface area contributed by atoms with E-state index in [4.69, 9.17) is 40.1 Å². The molecule has 13 amide bonds. The molecule has 3 fully saturated rings. The smallest absolute Gasteiger partial charge is 0.246 e. The van der Waals surface area contributed by atoms with Gasteiger partial charge in [0.05, 0.1) is 11.9 Å². The highest BCUT2D eigenvalue weighted by Gasteiger charge is 2.46. The predicted octanol–water partition coefficient (Wildman–Crippen LogP) is -2.59. The lowest BCUT2D eigenvalue weighted by Crippen LogP contribution is -2.61. The third-order valence-corrected chi connectivity index (χ3v) is 20.5. The molecule has 0 aliphatic carbocycles. The second-order valence-corrected chi connectivity index (χ2v) is 31.8. The van der Waals surface area contributed by atoms with Crippen LogP contribution in [0.15, 0.2) is 65.7 Å². The quantitative estimate of drug-likeness (QED) is 0.0184. The molecule has 5 rings (SSSR count). The number of carbonyl (C=O) groups is 13. The SMILES string of the molecule is CSCC[C@H](NC(=O)[C@H](CC(C)C)NC(=O)[C@@H]1CS(C)(C)CN1C(=O)[C@H](Cc1ccccc1)NC(=O)[C@H](Cc1ccccc1)NC(=O)[C@H](CCC(N)=O)NC(=O)[C@H](CCC(N)=O)NC(=O)[C@@H]1CCCN1C(=O)[C@H](CCCCN)NC(=O)[C@@H]1CCCN1C(=O)[C@@H](N)CCCN=C(N)N)C(N)=O. The second-order valence-electron chi connectivity index (χ2n) is 26.7. The van der Waals surface area contributed by atoms with Gasteiger partial charge in [0.1, 0.15) is 60.4 Å². The minimum Gasteiger partial charge on any atom is -0.370 e. The summed E-state index contributed by atoms with van der Waals surface area (Å²) in [5.74, 6) is -8.94. The lowest BCUT2D eigenvalue weighted by molar-refractivity contribution is -0.144. The summed E-state index contributed by atoms with van der Waals surface area (Å²) < 4.78 is 0. The Labute approximate surface area is 590 Å². The lowest BCUT2D eigenvalue weighted by Gasteiger charge is -2.32. The Morgan fingerprint density at radius 3 is 1.51 bits per heavy atom. The predicted molar refractivity (Wildman–Crippen MR) is 382 cm³/mol. The molecule has 3 heterocycles. The third kappa shape index (κ3) is 26.2. The van der Waals surface area contributed by atoms with Gasteiger partial charge >= 0.3 is 0 Å². The first-order valence-corrected chi connectivity index (χ1v) is 38.3. The number of guanidine groups is 1. The molecule has 554 valence electrons. The molecule has 0 unspecified atom stereocenters. The largest absolute Gasteiger partial charge is 0.370 e. The van der Waals surface area contributed by atoms with Crippen LogP contribution >= 0.6 is 21.8 Å². The number of aliphatic imine (C=N–C) groups is 1. The summed E-state index contributed by atoms with van der Waals surface area (Å²) in [6.45, 7) is 4.60. The fourth-order valence-corrected chi connectivity index (χ4v) is 15.2. The molecule has 0 aromatic heterocycles. The molecule has 31 nitrogen and oxygen atoms in total. The van der Waals surface area contributed by atoms with Crippen molar-refractivity contribution < 1.29 is 62.3 Å². The van der Waals surface area contributed by atoms with Crippen molar-refractivity contribution in [2.75, 3.05) is 62.3 Å². The van der Waals surface area contributed by atoms with Gasteiger partial charge in [-0.25, -0.2) is 10.0 Å². The lowest BCUT2D eigenvalue weighted by atomic mass is 10.0. The number of nitrogens with zero attached hydrogens (tertiary/aromatic N) is 4. The van der Waals surface area contributed by atoms with Crippen molar-refractivity contribution >= 4 is 105 Å². The summed E-state index contributed by atoms with van der Waals surface area (Å²) in [7, 11) is -1.70. The fraction of sp³-hybridized carbons (Fsp3) is 0.612. The first-order chi connectivity index (χ1) is 47.4. The van der Waals surface area contributed by atoms with Gasteiger partial charge in [0.25, 0.3) is 0 Å². The maximum absolute atomic E-state index is 15.3. The molecule has 3 aliphatic rings. The van der Waals surface area contributed by atoms with Crippen LogP contribution in [0.2, 0.25) is 0 Å². The van der Waals surface area contributed by atoms with Crippen LogP contribution in [0.1, 0.15) is 121 Å². The first kappa shape index (κ1) is 82.1. The molecule has 11 atom stereocenters. The second kappa shape index (κ2) is 40.6. The van der Waals surface area contributed by atoms with Gasteiger partial charge in [-0.3, -0.25) is 67.3 Å². The van der Waals surface area contributed by atoms with Gasteiger partial charge in [0, 0.05) is 51.1 Å². The van der Waals surface area contributed by atoms with E-state index in [-0.39, 0.29) is 94.6 Å². The van der Waals surface area contributed by atoms with Crippen LogP contribution < -0.4 is 77.4 Å². The highest BCUT2D eigenvalue weighted by Crippen LogP contribution is 2.48. The zero-order valence-corrected chi connectivity index (χ0v) is 59.8. The zero-order chi connectivity index (χ0) is 73.8. The van der Waals surface area contributed by atoms with E-state index in [0.717, 1.165) is 0 Å². The summed E-state index contributed by atoms with van der Waals surface area (Å²) in [5.41, 5.74) is 41.0. The maximum atomic E-state index is 15.3. The molecule has 2 aromatic carbocycles. The number of thioether (sulfide) groups is 1. The maximum Gasteiger partial charge on any atom is 0.246 e. The Hall–Kier alpha value is -8.56. The average Bonchev–Trinajstić information content (AvgIpc) is 1.63. The van der Waals surface area contributed by atoms with Crippen LogP contribution in [0.4, 0.5) is 0 Å². The van der Waals surface area contributed by atoms with Gasteiger partial charge < -0.3 is 92.1 Å². The van der Waals surface area contributed by atoms with Crippen LogP contribution in [0.3, 0.4) is 0 Å². The van der Waals surface area contributed by atoms with Gasteiger partial charge in [-0.05, 0) is 132 Å². The zero-order valence-electron chi connectivity index (χ0n) is 58.1. The molecule has 0 spiro atoms. The molecule has 2 aromatic rings. The summed E-state index contributed by atoms with van der Waals surface area (Å²) in [4.78, 5) is 190. The number of likely N-dealkylation sites (tertiary alicyclic amines) is 2. The van der Waals surface area contributed by atoms with Crippen LogP contribution in [0.25, 0.3) is 0 Å². The van der Waals surface area contributed by atoms with E-state index >= 15 is 9.59 Å². The Balaban J connectivity index is 1.40. The number of nitrogens with one attached hydrogen (secondary N) is 7. The van der Waals surface area contributed by atoms with Crippen molar-refractivity contribution in [3.8, 4) is 0 Å². The van der Waals surface area contributed by atoms with Crippen molar-refractivity contribution in [2.45, 2.75) is 189 Å². The van der Waals surface area contributed by atoms with Gasteiger partial charge in [-0.2, -0.15) is 11.8 Å². The molecule has 3 saturated heterocycles. The monoisotopic (exact) mass is 1430 g/mol. The number of nitrogens with two attached hydrogens (primary N) is 7. The van der Waals surface area contributed by atoms with E-state index in [2.05, 4.69) is 42.2 Å². The van der Waals surface area contributed by atoms with Crippen molar-refractivity contribution in [1.82, 2.24) is 51.9 Å². The molecule has 100 heavy (non-hydrogen) atoms. The van der Waals surface area contributed by atoms with Crippen LogP contribution in [0, 0.1) is 5.92 Å². The third-order valence-electron chi connectivity index (χ3n) is 17.6. The Bertz CT molecular complexity index is 3180. The summed E-state index contributed by atoms with van der Waals surface area (Å²) in [5, 5.41) is 19.2. The Morgan fingerprint density at radius 1 is 0.530 bits per heavy atom. The Morgan fingerprint density at radius 2 is 0.990 bits per heavy atom. The van der Waals surface area contributed by atoms with E-state index in [0.29, 0.717) is 55.4 Å². The van der Waals surface area contributed by atoms with E-state index in [9.17, 15) is 52.7 Å². The van der Waals surface area contributed by atoms with E-state index in [1.54, 1.807) is 60.7 Å². The van der Waals surface area contributed by atoms with E-state index < -0.39 is 179 Å². The number of amides is 13. The van der Waals surface area contributed by atoms with Crippen LogP contribution in [-0.2, 0) is 75.2 Å². The normalized spacial score (nSPS) is 19.0. The molecule has 3 aliphatic heterocycles. The molecule has 33 heteroatoms. The molecule has 21 N–H and O–H groups in total. The summed E-state index contributed by atoms with van der Waals surface area (Å²) >= 11 is 1.47. The summed E-state index contributed by atoms with van der Waals surface area (Å²) in [6.07, 6.45) is 7.14. The van der Waals surface area contributed by atoms with E-state index in [1.165, 1.54) is 26.5 Å². The van der Waals surface area contributed by atoms with Crippen LogP contribution in [0.5, 0.6) is 0 Å². The highest BCUT2D eigenvalue weighted by molar-refractivity contribution is 8.32. The van der Waals surface area contributed by atoms with E-state index in [1.807, 2.05) is 32.6 Å². The standard InChI is InChI=1S/C67H106N18O13S2/c1-40(2)35-48(59(91)76-44(56(72)88)29-34-99-3)81-63(95)53-38-100(4,5)39-85(53)66(98)50(37-42-19-10-7-11-20-42)82-60(92)49(36-41-17-8-6-9-18-41)80-58(90)45(25-27-54(70)86)77-57(89)46(26-28-55(71)87)78-61(93)52-24-16-33-84(52)65(97)47(22-12-13-30-68)79-62(94)51-23-15-32-83(51)64(96)43(69)21-14-31-75-67(73)74/h6-11,17-20,40,43-53H,12-16,21-39,68-69H2,1-5H3,(H2,70,86)(H2,71,87)(H2,72,88)(H,76,91)(H,77,89)(H,78,93)(H,79,94)(H,80,90)(H,81,95)(H,82,92)(H4,73,74,75)/t43-,44-,45-,46-,47-,48-,49-,50-,51-,52-,53-/m0/s1. The molecule has 0 bridgehead atoms. The number of hydrogen-bond donors (Lipinski definition) is 14. The minimum atomic E-state index is -1.70. The number of carbonyl (C=O) groups excluding carboxylic acids is 13. The topological polar surface area (TPSA) is 510 Å². The fourth-order valence-electron chi connectivity index (χ4n) is 12.4. The number of rotatable bonds is 41. The number of benzene rings is 2. The first-order valence-electron chi connectivity index (χ1n) is 34.1. The molecular formula is C67H106N18O13S2. The average molecular weight is 1440 g/mol. The van der Waals surface area contributed by atoms with Gasteiger partial charge in [-0.15, -0.1) is 0 Å². The van der Waals surface area contributed by atoms with Gasteiger partial charge in [-0.1, -0.05) is 74.5 Å². The summed E-state index contributed by atoms with van der Waals surface area (Å²) in [6, 6.07) is 3.76. The Kier molecular flexibility index (Phi) is 33.4. The van der Waals surface area contributed by atoms with Crippen molar-refractivity contribution in [2.24, 2.45) is 51.0 Å². The highest BCUT2D eigenvalue weighted by atomic mass is 32.3. The molecule has 0 saturated carbocycles. The van der Waals surface area contributed by atoms with Crippen molar-refractivity contribution in [3.05, 3.63) is 71.8 Å².